The van der Waals surface area contributed by atoms with Crippen molar-refractivity contribution in [2.75, 3.05) is 6.54 Å². The van der Waals surface area contributed by atoms with E-state index in [-0.39, 0.29) is 11.8 Å². The normalized spacial score (nSPS) is 14.5. The van der Waals surface area contributed by atoms with Gasteiger partial charge in [0.15, 0.2) is 5.76 Å². The van der Waals surface area contributed by atoms with Crippen LogP contribution in [0.3, 0.4) is 0 Å². The number of benzene rings is 1. The number of fused-ring (bicyclic) bond motifs is 1. The van der Waals surface area contributed by atoms with Crippen molar-refractivity contribution >= 4 is 32.8 Å². The first kappa shape index (κ1) is 15.1. The van der Waals surface area contributed by atoms with Gasteiger partial charge in [-0.1, -0.05) is 29.8 Å². The minimum atomic E-state index is -0.448. The van der Waals surface area contributed by atoms with Crippen molar-refractivity contribution in [2.45, 2.75) is 26.3 Å². The zero-order chi connectivity index (χ0) is 14.9. The maximum absolute atomic E-state index is 12.3. The van der Waals surface area contributed by atoms with Crippen molar-refractivity contribution in [1.29, 1.82) is 0 Å². The second-order valence-corrected chi connectivity index (χ2v) is 6.44. The Labute approximate surface area is 126 Å². The SMILES string of the molecule is CC(C)C(C)(CN)NC(=O)c1cc2cc(Br)ccc2o1. The van der Waals surface area contributed by atoms with E-state index >= 15 is 0 Å². The summed E-state index contributed by atoms with van der Waals surface area (Å²) < 4.78 is 6.53. The number of halogens is 1. The van der Waals surface area contributed by atoms with Gasteiger partial charge in [0.25, 0.3) is 5.91 Å². The first-order valence-corrected chi connectivity index (χ1v) is 7.36. The summed E-state index contributed by atoms with van der Waals surface area (Å²) in [4.78, 5) is 12.3. The summed E-state index contributed by atoms with van der Waals surface area (Å²) in [7, 11) is 0. The fraction of sp³-hybridized carbons (Fsp3) is 0.400. The highest BCUT2D eigenvalue weighted by atomic mass is 79.9. The number of furan rings is 1. The third-order valence-electron chi connectivity index (χ3n) is 3.80. The van der Waals surface area contributed by atoms with E-state index in [1.54, 1.807) is 6.07 Å². The van der Waals surface area contributed by atoms with Crippen molar-refractivity contribution < 1.29 is 9.21 Å². The molecule has 2 rings (SSSR count). The molecule has 0 aliphatic heterocycles. The van der Waals surface area contributed by atoms with Gasteiger partial charge in [-0.2, -0.15) is 0 Å². The zero-order valence-corrected chi connectivity index (χ0v) is 13.5. The molecular weight excluding hydrogens is 320 g/mol. The van der Waals surface area contributed by atoms with Gasteiger partial charge in [-0.15, -0.1) is 0 Å². The van der Waals surface area contributed by atoms with Gasteiger partial charge < -0.3 is 15.5 Å². The summed E-state index contributed by atoms with van der Waals surface area (Å²) >= 11 is 3.40. The van der Waals surface area contributed by atoms with Gasteiger partial charge in [0.1, 0.15) is 5.58 Å². The number of nitrogens with two attached hydrogens (primary N) is 1. The molecule has 1 aromatic carbocycles. The molecular formula is C15H19BrN2O2. The van der Waals surface area contributed by atoms with Crippen molar-refractivity contribution in [2.24, 2.45) is 11.7 Å². The lowest BCUT2D eigenvalue weighted by Gasteiger charge is -2.33. The monoisotopic (exact) mass is 338 g/mol. The largest absolute Gasteiger partial charge is 0.451 e. The number of hydrogen-bond donors (Lipinski definition) is 2. The third-order valence-corrected chi connectivity index (χ3v) is 4.29. The number of amides is 1. The van der Waals surface area contributed by atoms with Crippen molar-refractivity contribution in [3.63, 3.8) is 0 Å². The molecule has 1 heterocycles. The van der Waals surface area contributed by atoms with Crippen LogP contribution < -0.4 is 11.1 Å². The summed E-state index contributed by atoms with van der Waals surface area (Å²) in [5.74, 6) is 0.298. The fourth-order valence-electron chi connectivity index (χ4n) is 1.88. The van der Waals surface area contributed by atoms with Crippen molar-refractivity contribution in [3.8, 4) is 0 Å². The molecule has 1 unspecified atom stereocenters. The minimum Gasteiger partial charge on any atom is -0.451 e. The van der Waals surface area contributed by atoms with Gasteiger partial charge >= 0.3 is 0 Å². The van der Waals surface area contributed by atoms with Gasteiger partial charge in [-0.25, -0.2) is 0 Å². The van der Waals surface area contributed by atoms with E-state index < -0.39 is 5.54 Å². The molecule has 20 heavy (non-hydrogen) atoms. The summed E-state index contributed by atoms with van der Waals surface area (Å²) in [6.07, 6.45) is 0. The lowest BCUT2D eigenvalue weighted by atomic mass is 9.88. The molecule has 3 N–H and O–H groups in total. The molecule has 108 valence electrons. The fourth-order valence-corrected chi connectivity index (χ4v) is 2.26. The van der Waals surface area contributed by atoms with E-state index in [0.717, 1.165) is 9.86 Å². The number of hydrogen-bond acceptors (Lipinski definition) is 3. The van der Waals surface area contributed by atoms with Gasteiger partial charge in [-0.3, -0.25) is 4.79 Å². The number of nitrogens with one attached hydrogen (secondary N) is 1. The van der Waals surface area contributed by atoms with Crippen molar-refractivity contribution in [1.82, 2.24) is 5.32 Å². The Morgan fingerprint density at radius 3 is 2.75 bits per heavy atom. The van der Waals surface area contributed by atoms with Gasteiger partial charge in [-0.05, 0) is 37.1 Å². The van der Waals surface area contributed by atoms with Crippen LogP contribution in [-0.2, 0) is 0 Å². The highest BCUT2D eigenvalue weighted by Gasteiger charge is 2.30. The highest BCUT2D eigenvalue weighted by Crippen LogP contribution is 2.24. The average molecular weight is 339 g/mol. The van der Waals surface area contributed by atoms with Gasteiger partial charge in [0.05, 0.1) is 5.54 Å². The van der Waals surface area contributed by atoms with Crippen LogP contribution in [0.25, 0.3) is 11.0 Å². The van der Waals surface area contributed by atoms with E-state index in [4.69, 9.17) is 10.2 Å². The Morgan fingerprint density at radius 1 is 1.45 bits per heavy atom. The molecule has 2 aromatic rings. The van der Waals surface area contributed by atoms with E-state index in [1.807, 2.05) is 39.0 Å². The molecule has 0 fully saturated rings. The second-order valence-electron chi connectivity index (χ2n) is 5.52. The van der Waals surface area contributed by atoms with Crippen LogP contribution in [0.1, 0.15) is 31.3 Å². The van der Waals surface area contributed by atoms with E-state index in [0.29, 0.717) is 17.9 Å². The van der Waals surface area contributed by atoms with Crippen LogP contribution in [-0.4, -0.2) is 18.0 Å². The molecule has 0 aliphatic rings. The van der Waals surface area contributed by atoms with E-state index in [2.05, 4.69) is 21.2 Å². The predicted octanol–water partition coefficient (Wildman–Crippen LogP) is 3.30. The maximum Gasteiger partial charge on any atom is 0.287 e. The molecule has 0 saturated carbocycles. The van der Waals surface area contributed by atoms with Crippen LogP contribution in [0.2, 0.25) is 0 Å². The Morgan fingerprint density at radius 2 is 2.15 bits per heavy atom. The van der Waals surface area contributed by atoms with Crippen LogP contribution in [0, 0.1) is 5.92 Å². The molecule has 0 bridgehead atoms. The number of carbonyl (C=O) groups is 1. The standard InChI is InChI=1S/C15H19BrN2O2/c1-9(2)15(3,8-17)18-14(19)13-7-10-6-11(16)4-5-12(10)20-13/h4-7,9H,8,17H2,1-3H3,(H,18,19). The molecule has 0 radical (unpaired) electrons. The topological polar surface area (TPSA) is 68.3 Å². The van der Waals surface area contributed by atoms with Crippen LogP contribution in [0.15, 0.2) is 33.2 Å². The quantitative estimate of drug-likeness (QED) is 0.898. The van der Waals surface area contributed by atoms with Crippen LogP contribution in [0.4, 0.5) is 0 Å². The smallest absolute Gasteiger partial charge is 0.287 e. The molecule has 4 nitrogen and oxygen atoms in total. The molecule has 1 aromatic heterocycles. The van der Waals surface area contributed by atoms with Crippen LogP contribution >= 0.6 is 15.9 Å². The Hall–Kier alpha value is -1.33. The van der Waals surface area contributed by atoms with Gasteiger partial charge in [0.2, 0.25) is 0 Å². The lowest BCUT2D eigenvalue weighted by Crippen LogP contribution is -2.54. The molecule has 0 aliphatic carbocycles. The van der Waals surface area contributed by atoms with Crippen molar-refractivity contribution in [3.05, 3.63) is 34.5 Å². The zero-order valence-electron chi connectivity index (χ0n) is 11.9. The third kappa shape index (κ3) is 2.88. The Bertz CT molecular complexity index is 636. The molecule has 0 spiro atoms. The summed E-state index contributed by atoms with van der Waals surface area (Å²) in [6.45, 7) is 6.38. The summed E-state index contributed by atoms with van der Waals surface area (Å²) in [5.41, 5.74) is 6.02. The van der Waals surface area contributed by atoms with Crippen LogP contribution in [0.5, 0.6) is 0 Å². The lowest BCUT2D eigenvalue weighted by molar-refractivity contribution is 0.0856. The Kier molecular flexibility index (Phi) is 4.20. The minimum absolute atomic E-state index is 0.231. The van der Waals surface area contributed by atoms with E-state index in [9.17, 15) is 4.79 Å². The molecule has 5 heteroatoms. The molecule has 1 amide bonds. The van der Waals surface area contributed by atoms with Gasteiger partial charge in [0, 0.05) is 16.4 Å². The average Bonchev–Trinajstić information content (AvgIpc) is 2.81. The summed E-state index contributed by atoms with van der Waals surface area (Å²) in [6, 6.07) is 7.37. The molecule has 0 saturated heterocycles. The number of carbonyl (C=O) groups excluding carboxylic acids is 1. The number of rotatable bonds is 4. The highest BCUT2D eigenvalue weighted by molar-refractivity contribution is 9.10. The first-order chi connectivity index (χ1) is 9.35. The first-order valence-electron chi connectivity index (χ1n) is 6.57. The van der Waals surface area contributed by atoms with E-state index in [1.165, 1.54) is 0 Å². The summed E-state index contributed by atoms with van der Waals surface area (Å²) in [5, 5.41) is 3.86. The predicted molar refractivity (Wildman–Crippen MR) is 83.7 cm³/mol. The maximum atomic E-state index is 12.3. The molecule has 1 atom stereocenters. The Balaban J connectivity index is 2.27. The second kappa shape index (κ2) is 5.58.